The number of hydrogen-bond donors (Lipinski definition) is 3. The molecule has 1 aromatic rings. The van der Waals surface area contributed by atoms with Crippen molar-refractivity contribution >= 4 is 11.6 Å². The third kappa shape index (κ3) is 6.45. The van der Waals surface area contributed by atoms with Crippen molar-refractivity contribution in [2.75, 3.05) is 44.7 Å². The van der Waals surface area contributed by atoms with Crippen LogP contribution in [0.5, 0.6) is 0 Å². The van der Waals surface area contributed by atoms with E-state index in [0.29, 0.717) is 12.6 Å². The van der Waals surface area contributed by atoms with Gasteiger partial charge in [0.25, 0.3) is 0 Å². The zero-order chi connectivity index (χ0) is 18.9. The first-order chi connectivity index (χ1) is 13.2. The van der Waals surface area contributed by atoms with Crippen molar-refractivity contribution in [3.05, 3.63) is 24.5 Å². The van der Waals surface area contributed by atoms with Crippen molar-refractivity contribution in [2.45, 2.75) is 44.2 Å². The predicted molar refractivity (Wildman–Crippen MR) is 106 cm³/mol. The highest BCUT2D eigenvalue weighted by atomic mass is 16.5. The van der Waals surface area contributed by atoms with Gasteiger partial charge in [-0.25, -0.2) is 0 Å². The fourth-order valence-corrected chi connectivity index (χ4v) is 3.96. The number of carbonyl (C=O) groups is 1. The normalized spacial score (nSPS) is 24.9. The van der Waals surface area contributed by atoms with E-state index in [0.717, 1.165) is 70.6 Å². The Labute approximate surface area is 162 Å². The summed E-state index contributed by atoms with van der Waals surface area (Å²) in [7, 11) is 0. The number of carbonyl (C=O) groups excluding carboxylic acids is 1. The summed E-state index contributed by atoms with van der Waals surface area (Å²) in [5.74, 6) is 0.204. The zero-order valence-corrected chi connectivity index (χ0v) is 16.1. The van der Waals surface area contributed by atoms with E-state index >= 15 is 0 Å². The summed E-state index contributed by atoms with van der Waals surface area (Å²) in [6.07, 6.45) is 8.33. The fraction of sp³-hybridized carbons (Fsp3) is 0.700. The molecule has 0 unspecified atom stereocenters. The summed E-state index contributed by atoms with van der Waals surface area (Å²) in [5.41, 5.74) is 7.28. The van der Waals surface area contributed by atoms with Gasteiger partial charge in [-0.05, 0) is 44.2 Å². The van der Waals surface area contributed by atoms with Gasteiger partial charge in [0, 0.05) is 63.9 Å². The highest BCUT2D eigenvalue weighted by molar-refractivity contribution is 5.78. The van der Waals surface area contributed by atoms with E-state index < -0.39 is 0 Å². The third-order valence-corrected chi connectivity index (χ3v) is 5.53. The first-order valence-electron chi connectivity index (χ1n) is 10.2. The molecule has 27 heavy (non-hydrogen) atoms. The number of nitrogens with two attached hydrogens (primary N) is 1. The number of aromatic nitrogens is 1. The molecule has 2 fully saturated rings. The van der Waals surface area contributed by atoms with E-state index in [1.165, 1.54) is 0 Å². The van der Waals surface area contributed by atoms with E-state index in [1.54, 1.807) is 12.4 Å². The monoisotopic (exact) mass is 375 g/mol. The summed E-state index contributed by atoms with van der Waals surface area (Å²) in [5, 5.41) is 6.43. The van der Waals surface area contributed by atoms with Gasteiger partial charge < -0.3 is 21.1 Å². The van der Waals surface area contributed by atoms with Gasteiger partial charge in [-0.1, -0.05) is 0 Å². The summed E-state index contributed by atoms with van der Waals surface area (Å²) < 4.78 is 5.48. The van der Waals surface area contributed by atoms with E-state index in [2.05, 4.69) is 20.5 Å². The maximum atomic E-state index is 12.7. The number of likely N-dealkylation sites (tertiary alicyclic amines) is 1. The second kappa shape index (κ2) is 10.6. The highest BCUT2D eigenvalue weighted by Crippen LogP contribution is 2.22. The minimum absolute atomic E-state index is 0.0349. The Bertz CT molecular complexity index is 565. The number of nitrogens with zero attached hydrogens (tertiary/aromatic N) is 2. The maximum absolute atomic E-state index is 12.7. The lowest BCUT2D eigenvalue weighted by Crippen LogP contribution is -2.47. The Balaban J connectivity index is 1.40. The predicted octanol–water partition coefficient (Wildman–Crippen LogP) is 1.22. The smallest absolute Gasteiger partial charge is 0.224 e. The molecule has 2 atom stereocenters. The van der Waals surface area contributed by atoms with Crippen LogP contribution in [0.25, 0.3) is 0 Å². The lowest BCUT2D eigenvalue weighted by molar-refractivity contribution is -0.125. The molecular weight excluding hydrogens is 342 g/mol. The molecule has 2 aliphatic heterocycles. The van der Waals surface area contributed by atoms with Crippen molar-refractivity contribution in [3.8, 4) is 0 Å². The van der Waals surface area contributed by atoms with Gasteiger partial charge >= 0.3 is 0 Å². The number of ether oxygens (including phenoxy) is 1. The van der Waals surface area contributed by atoms with Crippen LogP contribution < -0.4 is 16.4 Å². The highest BCUT2D eigenvalue weighted by Gasteiger charge is 2.31. The minimum Gasteiger partial charge on any atom is -0.384 e. The third-order valence-electron chi connectivity index (χ3n) is 5.53. The molecule has 0 aromatic carbocycles. The average Bonchev–Trinajstić information content (AvgIpc) is 2.91. The van der Waals surface area contributed by atoms with Crippen LogP contribution in [-0.4, -0.2) is 67.3 Å². The second-order valence-electron chi connectivity index (χ2n) is 7.64. The topological polar surface area (TPSA) is 92.5 Å². The van der Waals surface area contributed by atoms with Gasteiger partial charge in [0.05, 0.1) is 11.6 Å². The van der Waals surface area contributed by atoms with Gasteiger partial charge in [-0.2, -0.15) is 0 Å². The van der Waals surface area contributed by atoms with Crippen LogP contribution in [0.15, 0.2) is 24.5 Å². The molecular formula is C20H33N5O2. The summed E-state index contributed by atoms with van der Waals surface area (Å²) >= 11 is 0. The van der Waals surface area contributed by atoms with Crippen LogP contribution in [0, 0.1) is 5.92 Å². The van der Waals surface area contributed by atoms with E-state index in [4.69, 9.17) is 10.5 Å². The van der Waals surface area contributed by atoms with Crippen LogP contribution in [0.2, 0.25) is 0 Å². The minimum atomic E-state index is 0.0349. The molecule has 3 rings (SSSR count). The summed E-state index contributed by atoms with van der Waals surface area (Å²) in [6, 6.07) is 4.56. The van der Waals surface area contributed by atoms with Crippen molar-refractivity contribution in [1.29, 1.82) is 0 Å². The number of anilines is 1. The van der Waals surface area contributed by atoms with Gasteiger partial charge in [0.1, 0.15) is 0 Å². The molecule has 4 N–H and O–H groups in total. The lowest BCUT2D eigenvalue weighted by atomic mass is 10.0. The Morgan fingerprint density at radius 3 is 2.85 bits per heavy atom. The molecule has 2 saturated heterocycles. The first-order valence-corrected chi connectivity index (χ1v) is 10.2. The van der Waals surface area contributed by atoms with Crippen LogP contribution in [0.3, 0.4) is 0 Å². The molecule has 1 amide bonds. The molecule has 0 spiro atoms. The van der Waals surface area contributed by atoms with Crippen LogP contribution in [0.4, 0.5) is 5.69 Å². The Morgan fingerprint density at radius 2 is 2.07 bits per heavy atom. The quantitative estimate of drug-likeness (QED) is 0.621. The molecule has 7 heteroatoms. The Kier molecular flexibility index (Phi) is 7.86. The molecule has 150 valence electrons. The summed E-state index contributed by atoms with van der Waals surface area (Å²) in [4.78, 5) is 19.2. The van der Waals surface area contributed by atoms with Crippen molar-refractivity contribution in [1.82, 2.24) is 15.2 Å². The Hall–Kier alpha value is -1.70. The molecule has 0 aliphatic carbocycles. The fourth-order valence-electron chi connectivity index (χ4n) is 3.96. The largest absolute Gasteiger partial charge is 0.384 e. The maximum Gasteiger partial charge on any atom is 0.224 e. The number of amides is 1. The van der Waals surface area contributed by atoms with Crippen molar-refractivity contribution < 1.29 is 9.53 Å². The molecule has 0 saturated carbocycles. The van der Waals surface area contributed by atoms with Gasteiger partial charge in [-0.15, -0.1) is 0 Å². The van der Waals surface area contributed by atoms with Gasteiger partial charge in [-0.3, -0.25) is 14.7 Å². The second-order valence-corrected chi connectivity index (χ2v) is 7.64. The molecule has 3 heterocycles. The zero-order valence-electron chi connectivity index (χ0n) is 16.1. The number of nitrogens with one attached hydrogen (secondary N) is 2. The molecule has 7 nitrogen and oxygen atoms in total. The first kappa shape index (κ1) is 20.0. The van der Waals surface area contributed by atoms with E-state index in [1.807, 2.05) is 12.1 Å². The standard InChI is InChI=1S/C20H33N5O2/c21-17-5-4-16(14-25(15-17)19-6-11-27-12-7-19)20(26)24-10-2-9-23-18-3-1-8-22-13-18/h1,3,8,13,16-17,19,23H,2,4-7,9-12,14-15,21H2,(H,24,26)/t16-,17+/m1/s1. The number of hydrogen-bond acceptors (Lipinski definition) is 6. The molecule has 2 aliphatic rings. The van der Waals surface area contributed by atoms with Crippen molar-refractivity contribution in [2.24, 2.45) is 11.7 Å². The van der Waals surface area contributed by atoms with Crippen LogP contribution in [0.1, 0.15) is 32.1 Å². The number of pyridine rings is 1. The van der Waals surface area contributed by atoms with Crippen LogP contribution in [-0.2, 0) is 9.53 Å². The lowest BCUT2D eigenvalue weighted by Gasteiger charge is -2.35. The van der Waals surface area contributed by atoms with Crippen molar-refractivity contribution in [3.63, 3.8) is 0 Å². The SMILES string of the molecule is N[C@H]1CC[C@@H](C(=O)NCCCNc2cccnc2)CN(C2CCOCC2)C1. The van der Waals surface area contributed by atoms with Gasteiger partial charge in [0.2, 0.25) is 5.91 Å². The number of rotatable bonds is 7. The molecule has 0 radical (unpaired) electrons. The average molecular weight is 376 g/mol. The van der Waals surface area contributed by atoms with E-state index in [9.17, 15) is 4.79 Å². The van der Waals surface area contributed by atoms with E-state index in [-0.39, 0.29) is 17.9 Å². The Morgan fingerprint density at radius 1 is 1.22 bits per heavy atom. The molecule has 1 aromatic heterocycles. The van der Waals surface area contributed by atoms with Crippen LogP contribution >= 0.6 is 0 Å². The summed E-state index contributed by atoms with van der Waals surface area (Å²) in [6.45, 7) is 4.84. The van der Waals surface area contributed by atoms with Gasteiger partial charge in [0.15, 0.2) is 0 Å². The molecule has 0 bridgehead atoms.